The van der Waals surface area contributed by atoms with Crippen LogP contribution in [-0.2, 0) is 4.79 Å². The molecule has 1 amide bonds. The molecule has 0 radical (unpaired) electrons. The lowest BCUT2D eigenvalue weighted by atomic mass is 10.3. The van der Waals surface area contributed by atoms with E-state index in [-0.39, 0.29) is 11.2 Å². The van der Waals surface area contributed by atoms with Crippen LogP contribution in [0.25, 0.3) is 0 Å². The molecule has 0 saturated heterocycles. The minimum atomic E-state index is -0.0908. The highest BCUT2D eigenvalue weighted by Crippen LogP contribution is 2.32. The van der Waals surface area contributed by atoms with Crippen LogP contribution in [0.4, 0.5) is 0 Å². The number of carbonyl (C=O) groups excluding carboxylic acids is 1. The van der Waals surface area contributed by atoms with Crippen molar-refractivity contribution in [2.45, 2.75) is 36.0 Å². The molecule has 1 aliphatic carbocycles. The molecule has 17 heavy (non-hydrogen) atoms. The molecule has 1 saturated carbocycles. The van der Waals surface area contributed by atoms with Crippen molar-refractivity contribution in [2.75, 3.05) is 7.11 Å². The zero-order valence-electron chi connectivity index (χ0n) is 10.1. The second-order valence-electron chi connectivity index (χ2n) is 4.19. The molecule has 3 nitrogen and oxygen atoms in total. The Balaban J connectivity index is 1.96. The second kappa shape index (κ2) is 5.45. The quantitative estimate of drug-likeness (QED) is 0.817. The first kappa shape index (κ1) is 12.3. The molecule has 1 aliphatic rings. The molecule has 1 aromatic rings. The summed E-state index contributed by atoms with van der Waals surface area (Å²) in [4.78, 5) is 12.8. The van der Waals surface area contributed by atoms with E-state index in [1.165, 1.54) is 11.8 Å². The summed E-state index contributed by atoms with van der Waals surface area (Å²) in [6.45, 7) is 1.93. The van der Waals surface area contributed by atoms with Crippen molar-refractivity contribution in [3.05, 3.63) is 24.3 Å². The van der Waals surface area contributed by atoms with Crippen LogP contribution in [0, 0.1) is 0 Å². The molecule has 0 bridgehead atoms. The topological polar surface area (TPSA) is 38.3 Å². The number of amides is 1. The molecular formula is C13H17NO2S. The van der Waals surface area contributed by atoms with Crippen molar-refractivity contribution in [2.24, 2.45) is 0 Å². The first-order valence-corrected chi connectivity index (χ1v) is 6.68. The minimum Gasteiger partial charge on any atom is -0.496 e. The number of hydrogen-bond acceptors (Lipinski definition) is 3. The van der Waals surface area contributed by atoms with Gasteiger partial charge in [0, 0.05) is 6.04 Å². The highest BCUT2D eigenvalue weighted by atomic mass is 32.2. The van der Waals surface area contributed by atoms with Crippen molar-refractivity contribution in [3.63, 3.8) is 0 Å². The van der Waals surface area contributed by atoms with E-state index in [9.17, 15) is 4.79 Å². The van der Waals surface area contributed by atoms with E-state index in [1.807, 2.05) is 31.2 Å². The van der Waals surface area contributed by atoms with Crippen LogP contribution < -0.4 is 10.1 Å². The third kappa shape index (κ3) is 3.40. The third-order valence-corrected chi connectivity index (χ3v) is 3.82. The molecule has 92 valence electrons. The highest BCUT2D eigenvalue weighted by molar-refractivity contribution is 8.00. The van der Waals surface area contributed by atoms with Gasteiger partial charge in [0.15, 0.2) is 0 Å². The summed E-state index contributed by atoms with van der Waals surface area (Å²) < 4.78 is 5.27. The zero-order valence-corrected chi connectivity index (χ0v) is 10.9. The van der Waals surface area contributed by atoms with E-state index in [0.29, 0.717) is 6.04 Å². The van der Waals surface area contributed by atoms with Crippen molar-refractivity contribution >= 4 is 17.7 Å². The van der Waals surface area contributed by atoms with Crippen LogP contribution in [0.5, 0.6) is 5.75 Å². The summed E-state index contributed by atoms with van der Waals surface area (Å²) in [5.74, 6) is 0.937. The number of hydrogen-bond donors (Lipinski definition) is 1. The van der Waals surface area contributed by atoms with Crippen molar-refractivity contribution in [1.82, 2.24) is 5.32 Å². The summed E-state index contributed by atoms with van der Waals surface area (Å²) >= 11 is 1.54. The maximum Gasteiger partial charge on any atom is 0.233 e. The monoisotopic (exact) mass is 251 g/mol. The molecule has 1 fully saturated rings. The minimum absolute atomic E-state index is 0.0908. The fourth-order valence-corrected chi connectivity index (χ4v) is 2.49. The van der Waals surface area contributed by atoms with Crippen molar-refractivity contribution in [3.8, 4) is 5.75 Å². The third-order valence-electron chi connectivity index (χ3n) is 2.67. The van der Waals surface area contributed by atoms with E-state index in [4.69, 9.17) is 4.74 Å². The smallest absolute Gasteiger partial charge is 0.233 e. The zero-order chi connectivity index (χ0) is 12.3. The van der Waals surface area contributed by atoms with E-state index >= 15 is 0 Å². The number of rotatable bonds is 5. The molecule has 0 aromatic heterocycles. The fourth-order valence-electron chi connectivity index (χ4n) is 1.51. The Labute approximate surface area is 106 Å². The van der Waals surface area contributed by atoms with Crippen LogP contribution in [0.3, 0.4) is 0 Å². The number of ether oxygens (including phenoxy) is 1. The average Bonchev–Trinajstić information content (AvgIpc) is 3.13. The normalized spacial score (nSPS) is 16.4. The molecule has 4 heteroatoms. The second-order valence-corrected chi connectivity index (χ2v) is 5.58. The molecule has 0 heterocycles. The number of para-hydroxylation sites is 1. The fraction of sp³-hybridized carbons (Fsp3) is 0.462. The first-order valence-electron chi connectivity index (χ1n) is 5.80. The summed E-state index contributed by atoms with van der Waals surface area (Å²) in [5, 5.41) is 2.92. The van der Waals surface area contributed by atoms with Crippen LogP contribution in [0.1, 0.15) is 19.8 Å². The number of benzene rings is 1. The van der Waals surface area contributed by atoms with Crippen LogP contribution in [0.2, 0.25) is 0 Å². The average molecular weight is 251 g/mol. The Hall–Kier alpha value is -1.16. The molecule has 1 N–H and O–H groups in total. The lowest BCUT2D eigenvalue weighted by Gasteiger charge is -2.13. The predicted octanol–water partition coefficient (Wildman–Crippen LogP) is 2.45. The molecular weight excluding hydrogens is 234 g/mol. The maximum absolute atomic E-state index is 11.8. The first-order chi connectivity index (χ1) is 8.20. The van der Waals surface area contributed by atoms with Gasteiger partial charge in [0.05, 0.1) is 17.3 Å². The number of thioether (sulfide) groups is 1. The largest absolute Gasteiger partial charge is 0.496 e. The Kier molecular flexibility index (Phi) is 3.94. The molecule has 0 spiro atoms. The van der Waals surface area contributed by atoms with Gasteiger partial charge in [-0.25, -0.2) is 0 Å². The van der Waals surface area contributed by atoms with Gasteiger partial charge < -0.3 is 10.1 Å². The number of nitrogens with one attached hydrogen (secondary N) is 1. The maximum atomic E-state index is 11.8. The van der Waals surface area contributed by atoms with E-state index in [1.54, 1.807) is 7.11 Å². The van der Waals surface area contributed by atoms with Crippen LogP contribution in [0.15, 0.2) is 29.2 Å². The number of methoxy groups -OCH3 is 1. The SMILES string of the molecule is COc1ccccc1S[C@H](C)C(=O)NC1CC1. The van der Waals surface area contributed by atoms with E-state index in [2.05, 4.69) is 5.32 Å². The van der Waals surface area contributed by atoms with Crippen LogP contribution >= 0.6 is 11.8 Å². The van der Waals surface area contributed by atoms with Gasteiger partial charge in [0.1, 0.15) is 5.75 Å². The van der Waals surface area contributed by atoms with Gasteiger partial charge in [0.25, 0.3) is 0 Å². The van der Waals surface area contributed by atoms with E-state index < -0.39 is 0 Å². The van der Waals surface area contributed by atoms with Crippen molar-refractivity contribution < 1.29 is 9.53 Å². The number of carbonyl (C=O) groups is 1. The predicted molar refractivity (Wildman–Crippen MR) is 69.5 cm³/mol. The Morgan fingerprint density at radius 2 is 2.18 bits per heavy atom. The molecule has 2 rings (SSSR count). The van der Waals surface area contributed by atoms with Gasteiger partial charge in [-0.05, 0) is 31.9 Å². The molecule has 0 aliphatic heterocycles. The van der Waals surface area contributed by atoms with Gasteiger partial charge in [-0.1, -0.05) is 12.1 Å². The summed E-state index contributed by atoms with van der Waals surface area (Å²) in [6.07, 6.45) is 2.25. The molecule has 0 unspecified atom stereocenters. The summed E-state index contributed by atoms with van der Waals surface area (Å²) in [6, 6.07) is 8.19. The van der Waals surface area contributed by atoms with Gasteiger partial charge in [-0.15, -0.1) is 11.8 Å². The van der Waals surface area contributed by atoms with Gasteiger partial charge in [0.2, 0.25) is 5.91 Å². The lowest BCUT2D eigenvalue weighted by Crippen LogP contribution is -2.32. The summed E-state index contributed by atoms with van der Waals surface area (Å²) in [5.41, 5.74) is 0. The Morgan fingerprint density at radius 3 is 2.82 bits per heavy atom. The van der Waals surface area contributed by atoms with Crippen LogP contribution in [-0.4, -0.2) is 24.3 Å². The molecule has 1 aromatic carbocycles. The van der Waals surface area contributed by atoms with Gasteiger partial charge >= 0.3 is 0 Å². The summed E-state index contributed by atoms with van der Waals surface area (Å²) in [7, 11) is 1.65. The van der Waals surface area contributed by atoms with Gasteiger partial charge in [-0.3, -0.25) is 4.79 Å². The Morgan fingerprint density at radius 1 is 1.47 bits per heavy atom. The van der Waals surface area contributed by atoms with Gasteiger partial charge in [-0.2, -0.15) is 0 Å². The van der Waals surface area contributed by atoms with E-state index in [0.717, 1.165) is 23.5 Å². The molecule has 1 atom stereocenters. The standard InChI is InChI=1S/C13H17NO2S/c1-9(13(15)14-10-7-8-10)17-12-6-4-3-5-11(12)16-2/h3-6,9-10H,7-8H2,1-2H3,(H,14,15)/t9-/m1/s1. The van der Waals surface area contributed by atoms with Crippen molar-refractivity contribution in [1.29, 1.82) is 0 Å². The Bertz CT molecular complexity index is 404. The lowest BCUT2D eigenvalue weighted by molar-refractivity contribution is -0.120. The highest BCUT2D eigenvalue weighted by Gasteiger charge is 2.26.